The summed E-state index contributed by atoms with van der Waals surface area (Å²) in [6.45, 7) is 1.10. The number of hydrogen-bond donors (Lipinski definition) is 3. The Labute approximate surface area is 166 Å². The zero-order chi connectivity index (χ0) is 19.1. The van der Waals surface area contributed by atoms with E-state index in [2.05, 4.69) is 20.5 Å². The third-order valence-corrected chi connectivity index (χ3v) is 5.10. The van der Waals surface area contributed by atoms with Crippen LogP contribution in [0, 0.1) is 0 Å². The normalized spacial score (nSPS) is 16.1. The van der Waals surface area contributed by atoms with Crippen molar-refractivity contribution in [2.24, 2.45) is 0 Å². The topological polar surface area (TPSA) is 83.1 Å². The molecule has 7 heteroatoms. The highest BCUT2D eigenvalue weighted by Crippen LogP contribution is 2.38. The van der Waals surface area contributed by atoms with Gasteiger partial charge in [0, 0.05) is 34.6 Å². The Hall–Kier alpha value is -2.93. The minimum Gasteiger partial charge on any atom is -0.457 e. The first-order chi connectivity index (χ1) is 13.7. The maximum Gasteiger partial charge on any atom is 0.156 e. The molecule has 3 N–H and O–H groups in total. The van der Waals surface area contributed by atoms with Gasteiger partial charge in [0.05, 0.1) is 18.0 Å². The maximum absolute atomic E-state index is 10.7. The third-order valence-electron chi connectivity index (χ3n) is 4.85. The molecule has 28 heavy (non-hydrogen) atoms. The molecule has 0 saturated carbocycles. The van der Waals surface area contributed by atoms with Crippen LogP contribution in [0.4, 0.5) is 0 Å². The number of fused-ring (bicyclic) bond motifs is 2. The number of aromatic amines is 1. The maximum atomic E-state index is 10.7. The van der Waals surface area contributed by atoms with Gasteiger partial charge in [0.2, 0.25) is 0 Å². The Kier molecular flexibility index (Phi) is 4.24. The number of rotatable bonds is 3. The molecule has 1 aliphatic heterocycles. The molecule has 4 aromatic rings. The third kappa shape index (κ3) is 3.01. The lowest BCUT2D eigenvalue weighted by atomic mass is 9.91. The average Bonchev–Trinajstić information content (AvgIpc) is 3.17. The van der Waals surface area contributed by atoms with Gasteiger partial charge in [0.15, 0.2) is 5.65 Å². The van der Waals surface area contributed by atoms with Crippen molar-refractivity contribution in [2.45, 2.75) is 12.6 Å². The van der Waals surface area contributed by atoms with E-state index in [1.165, 1.54) is 0 Å². The van der Waals surface area contributed by atoms with Crippen molar-refractivity contribution in [3.63, 3.8) is 0 Å². The molecule has 1 atom stereocenters. The van der Waals surface area contributed by atoms with Gasteiger partial charge in [-0.1, -0.05) is 23.7 Å². The van der Waals surface area contributed by atoms with Crippen LogP contribution in [0.15, 0.2) is 54.7 Å². The molecule has 3 heterocycles. The average molecular weight is 393 g/mol. The fourth-order valence-electron chi connectivity index (χ4n) is 3.62. The van der Waals surface area contributed by atoms with E-state index in [9.17, 15) is 5.11 Å². The number of benzene rings is 2. The van der Waals surface area contributed by atoms with Crippen LogP contribution in [-0.2, 0) is 6.54 Å². The van der Waals surface area contributed by atoms with Gasteiger partial charge in [-0.05, 0) is 42.0 Å². The fraction of sp³-hybridized carbons (Fsp3) is 0.143. The monoisotopic (exact) mass is 392 g/mol. The van der Waals surface area contributed by atoms with Crippen molar-refractivity contribution in [2.75, 3.05) is 6.54 Å². The van der Waals surface area contributed by atoms with E-state index in [1.807, 2.05) is 36.4 Å². The first-order valence-corrected chi connectivity index (χ1v) is 9.35. The van der Waals surface area contributed by atoms with Crippen LogP contribution >= 0.6 is 11.6 Å². The largest absolute Gasteiger partial charge is 0.457 e. The molecule has 0 saturated heterocycles. The number of halogens is 1. The number of aromatic nitrogens is 3. The number of nitrogens with one attached hydrogen (secondary N) is 2. The molecule has 0 amide bonds. The molecule has 0 radical (unpaired) electrons. The summed E-state index contributed by atoms with van der Waals surface area (Å²) in [5, 5.41) is 22.5. The summed E-state index contributed by atoms with van der Waals surface area (Å²) in [5.74, 6) is 1.40. The minimum atomic E-state index is -0.633. The number of pyridine rings is 1. The summed E-state index contributed by atoms with van der Waals surface area (Å²) >= 11 is 5.95. The first kappa shape index (κ1) is 17.2. The van der Waals surface area contributed by atoms with Gasteiger partial charge in [-0.25, -0.2) is 4.98 Å². The molecule has 1 unspecified atom stereocenters. The molecule has 0 fully saturated rings. The number of aliphatic hydroxyl groups is 1. The molecule has 0 spiro atoms. The van der Waals surface area contributed by atoms with Crippen LogP contribution in [0.5, 0.6) is 11.5 Å². The summed E-state index contributed by atoms with van der Waals surface area (Å²) in [6.07, 6.45) is 1.12. The Morgan fingerprint density at radius 2 is 1.96 bits per heavy atom. The number of H-pyrrole nitrogens is 1. The lowest BCUT2D eigenvalue weighted by Crippen LogP contribution is -2.29. The highest BCUT2D eigenvalue weighted by molar-refractivity contribution is 6.30. The van der Waals surface area contributed by atoms with E-state index in [1.54, 1.807) is 18.3 Å². The summed E-state index contributed by atoms with van der Waals surface area (Å²) in [5.41, 5.74) is 4.25. The quantitative estimate of drug-likeness (QED) is 0.486. The molecular weight excluding hydrogens is 376 g/mol. The predicted octanol–water partition coefficient (Wildman–Crippen LogP) is 4.21. The standard InChI is InChI=1S/C21H17ClN4O2/c22-13-4-6-14(7-5-13)28-15-3-1-2-12(8-15)19-16-9-24-26-21(16)25-17-10-23-11-18(27)20(17)19/h1-9,18,23,27H,10-11H2,(H,24,25,26). The van der Waals surface area contributed by atoms with Crippen LogP contribution in [0.3, 0.4) is 0 Å². The number of ether oxygens (including phenoxy) is 1. The second-order valence-electron chi connectivity index (χ2n) is 6.71. The molecule has 0 aliphatic carbocycles. The van der Waals surface area contributed by atoms with Crippen LogP contribution in [0.2, 0.25) is 5.02 Å². The zero-order valence-corrected chi connectivity index (χ0v) is 15.6. The minimum absolute atomic E-state index is 0.492. The summed E-state index contributed by atoms with van der Waals surface area (Å²) < 4.78 is 5.99. The highest BCUT2D eigenvalue weighted by atomic mass is 35.5. The van der Waals surface area contributed by atoms with Gasteiger partial charge in [-0.2, -0.15) is 5.10 Å². The molecule has 140 valence electrons. The first-order valence-electron chi connectivity index (χ1n) is 8.97. The summed E-state index contributed by atoms with van der Waals surface area (Å²) in [7, 11) is 0. The number of nitrogens with zero attached hydrogens (tertiary/aromatic N) is 2. The SMILES string of the molecule is OC1CNCc2nc3[nH]ncc3c(-c3cccc(Oc4ccc(Cl)cc4)c3)c21. The van der Waals surface area contributed by atoms with Gasteiger partial charge in [-0.15, -0.1) is 0 Å². The molecule has 2 aromatic carbocycles. The molecule has 6 nitrogen and oxygen atoms in total. The van der Waals surface area contributed by atoms with E-state index in [0.717, 1.165) is 27.8 Å². The van der Waals surface area contributed by atoms with Crippen molar-refractivity contribution in [1.82, 2.24) is 20.5 Å². The molecule has 1 aliphatic rings. The van der Waals surface area contributed by atoms with Crippen molar-refractivity contribution < 1.29 is 9.84 Å². The Morgan fingerprint density at radius 3 is 2.82 bits per heavy atom. The van der Waals surface area contributed by atoms with Gasteiger partial charge < -0.3 is 15.2 Å². The van der Waals surface area contributed by atoms with Gasteiger partial charge in [0.25, 0.3) is 0 Å². The molecule has 2 aromatic heterocycles. The van der Waals surface area contributed by atoms with Crippen molar-refractivity contribution in [3.05, 3.63) is 71.0 Å². The van der Waals surface area contributed by atoms with E-state index >= 15 is 0 Å². The van der Waals surface area contributed by atoms with Crippen LogP contribution in [0.25, 0.3) is 22.2 Å². The predicted molar refractivity (Wildman–Crippen MR) is 108 cm³/mol. The molecule has 0 bridgehead atoms. The number of hydrogen-bond acceptors (Lipinski definition) is 5. The van der Waals surface area contributed by atoms with E-state index in [-0.39, 0.29) is 0 Å². The summed E-state index contributed by atoms with van der Waals surface area (Å²) in [6, 6.07) is 15.0. The van der Waals surface area contributed by atoms with Crippen molar-refractivity contribution in [3.8, 4) is 22.6 Å². The lowest BCUT2D eigenvalue weighted by molar-refractivity contribution is 0.165. The second-order valence-corrected chi connectivity index (χ2v) is 7.15. The van der Waals surface area contributed by atoms with E-state index in [0.29, 0.717) is 35.3 Å². The lowest BCUT2D eigenvalue weighted by Gasteiger charge is -2.25. The van der Waals surface area contributed by atoms with Gasteiger partial charge >= 0.3 is 0 Å². The number of aliphatic hydroxyl groups excluding tert-OH is 1. The second kappa shape index (κ2) is 6.91. The Morgan fingerprint density at radius 1 is 1.11 bits per heavy atom. The molecule has 5 rings (SSSR count). The van der Waals surface area contributed by atoms with E-state index < -0.39 is 6.10 Å². The van der Waals surface area contributed by atoms with Crippen LogP contribution in [0.1, 0.15) is 17.4 Å². The smallest absolute Gasteiger partial charge is 0.156 e. The summed E-state index contributed by atoms with van der Waals surface area (Å²) in [4.78, 5) is 4.63. The number of β-amino-alcohol motifs (C(OH)–C–C–N with tert-alkyl or cyclic N) is 1. The van der Waals surface area contributed by atoms with E-state index in [4.69, 9.17) is 16.3 Å². The Balaban J connectivity index is 1.63. The van der Waals surface area contributed by atoms with Crippen LogP contribution in [-0.4, -0.2) is 26.8 Å². The Bertz CT molecular complexity index is 1160. The van der Waals surface area contributed by atoms with Crippen molar-refractivity contribution >= 4 is 22.6 Å². The van der Waals surface area contributed by atoms with Crippen molar-refractivity contribution in [1.29, 1.82) is 0 Å². The fourth-order valence-corrected chi connectivity index (χ4v) is 3.75. The molecular formula is C21H17ClN4O2. The van der Waals surface area contributed by atoms with Gasteiger partial charge in [-0.3, -0.25) is 5.10 Å². The zero-order valence-electron chi connectivity index (χ0n) is 14.8. The van der Waals surface area contributed by atoms with Gasteiger partial charge in [0.1, 0.15) is 11.5 Å². The van der Waals surface area contributed by atoms with Crippen LogP contribution < -0.4 is 10.1 Å². The highest BCUT2D eigenvalue weighted by Gasteiger charge is 2.26.